The van der Waals surface area contributed by atoms with Gasteiger partial charge in [0.15, 0.2) is 0 Å². The summed E-state index contributed by atoms with van der Waals surface area (Å²) in [5.41, 5.74) is 12.4. The van der Waals surface area contributed by atoms with E-state index in [-0.39, 0.29) is 53.0 Å². The minimum absolute atomic E-state index is 0. The molecular weight excluding hydrogens is 935 g/mol. The Morgan fingerprint density at radius 3 is 1.26 bits per heavy atom. The summed E-state index contributed by atoms with van der Waals surface area (Å²) in [4.78, 5) is 10.9. The molecule has 2 nitrogen and oxygen atoms in total. The molecule has 47 heavy (non-hydrogen) atoms. The summed E-state index contributed by atoms with van der Waals surface area (Å²) in [6.45, 7) is 13.4. The van der Waals surface area contributed by atoms with Gasteiger partial charge >= 0.3 is 21.1 Å². The van der Waals surface area contributed by atoms with E-state index < -0.39 is 5.41 Å². The predicted octanol–water partition coefficient (Wildman–Crippen LogP) is 10.4. The molecule has 240 valence electrons. The predicted molar refractivity (Wildman–Crippen MR) is 185 cm³/mol. The molecule has 0 fully saturated rings. The summed E-state index contributed by atoms with van der Waals surface area (Å²) in [5, 5.41) is 0. The smallest absolute Gasteiger partial charge is 0.300 e. The molecular formula is C43H38N2Pt2. The zero-order valence-electron chi connectivity index (χ0n) is 27.6. The van der Waals surface area contributed by atoms with Crippen molar-refractivity contribution in [1.29, 1.82) is 0 Å². The van der Waals surface area contributed by atoms with Gasteiger partial charge in [-0.15, -0.1) is 70.8 Å². The molecule has 7 rings (SSSR count). The minimum atomic E-state index is -0.699. The molecule has 6 aromatic rings. The molecule has 0 saturated heterocycles. The van der Waals surface area contributed by atoms with Crippen LogP contribution in [0.25, 0.3) is 33.6 Å². The van der Waals surface area contributed by atoms with Crippen LogP contribution in [0.4, 0.5) is 0 Å². The fourth-order valence-corrected chi connectivity index (χ4v) is 6.61. The van der Waals surface area contributed by atoms with E-state index in [1.54, 1.807) is 0 Å². The number of rotatable bonds is 4. The fourth-order valence-electron chi connectivity index (χ4n) is 6.61. The molecule has 0 bridgehead atoms. The Kier molecular flexibility index (Phi) is 9.81. The topological polar surface area (TPSA) is 25.8 Å². The zero-order valence-corrected chi connectivity index (χ0v) is 32.1. The average Bonchev–Trinajstić information content (AvgIpc) is 3.35. The molecule has 0 aliphatic heterocycles. The van der Waals surface area contributed by atoms with Crippen molar-refractivity contribution in [2.75, 3.05) is 0 Å². The average molecular weight is 973 g/mol. The largest absolute Gasteiger partial charge is 2.00 e. The standard InChI is InChI=1S/C43H38N2.2Pt/c1-41(2,3)31-25-21-29(22-26-31)37-17-11-19-39(44-37)43(35-15-9-7-13-33(35)34-14-8-10-16-36(34)43)40-20-12-18-38(45-40)30-23-27-32(28-24-30)42(4,5)6;;/h7-21,23,25-28H,1-6H3;;/q-2;;+2. The number of aromatic nitrogens is 2. The number of nitrogens with zero attached hydrogens (tertiary/aromatic N) is 2. The van der Waals surface area contributed by atoms with Gasteiger partial charge in [-0.1, -0.05) is 114 Å². The van der Waals surface area contributed by atoms with E-state index in [1.807, 2.05) is 0 Å². The second-order valence-corrected chi connectivity index (χ2v) is 14.1. The van der Waals surface area contributed by atoms with E-state index in [0.717, 1.165) is 33.9 Å². The third-order valence-corrected chi connectivity index (χ3v) is 9.13. The molecule has 2 aromatic heterocycles. The van der Waals surface area contributed by atoms with Crippen LogP contribution in [0.15, 0.2) is 121 Å². The van der Waals surface area contributed by atoms with Gasteiger partial charge in [0.25, 0.3) is 0 Å². The van der Waals surface area contributed by atoms with Gasteiger partial charge in [-0.05, 0) is 56.6 Å². The van der Waals surface area contributed by atoms with E-state index >= 15 is 0 Å². The second-order valence-electron chi connectivity index (χ2n) is 14.1. The summed E-state index contributed by atoms with van der Waals surface area (Å²) < 4.78 is 0. The molecule has 0 radical (unpaired) electrons. The van der Waals surface area contributed by atoms with Gasteiger partial charge in [0.05, 0.1) is 11.4 Å². The quantitative estimate of drug-likeness (QED) is 0.164. The van der Waals surface area contributed by atoms with Crippen LogP contribution in [0.1, 0.15) is 75.2 Å². The summed E-state index contributed by atoms with van der Waals surface area (Å²) in [7, 11) is 0. The maximum atomic E-state index is 5.43. The maximum absolute atomic E-state index is 5.43. The Hall–Kier alpha value is -3.44. The van der Waals surface area contributed by atoms with Crippen LogP contribution in [0.2, 0.25) is 0 Å². The molecule has 0 atom stereocenters. The van der Waals surface area contributed by atoms with Gasteiger partial charge < -0.3 is 0 Å². The van der Waals surface area contributed by atoms with Crippen molar-refractivity contribution in [1.82, 2.24) is 9.97 Å². The Morgan fingerprint density at radius 1 is 0.489 bits per heavy atom. The van der Waals surface area contributed by atoms with Crippen LogP contribution < -0.4 is 0 Å². The number of hydrogen-bond donors (Lipinski definition) is 0. The first kappa shape index (κ1) is 34.9. The SMILES string of the molecule is CC(C)(C)c1c[c-]c(-c2cccc(C3(c4cccc(-c5[c-]cc(C(C)(C)C)cc5)n4)c4ccccc4-c4ccccc43)n2)cc1.[Pt+2].[Pt]. The summed E-state index contributed by atoms with van der Waals surface area (Å²) in [6, 6.07) is 50.1. The number of benzene rings is 4. The van der Waals surface area contributed by atoms with E-state index in [2.05, 4.69) is 175 Å². The Balaban J connectivity index is 0.00000217. The van der Waals surface area contributed by atoms with Crippen LogP contribution >= 0.6 is 0 Å². The summed E-state index contributed by atoms with van der Waals surface area (Å²) in [5.74, 6) is 0. The number of pyridine rings is 2. The van der Waals surface area contributed by atoms with Gasteiger partial charge in [-0.3, -0.25) is 9.97 Å². The third kappa shape index (κ3) is 6.16. The van der Waals surface area contributed by atoms with Crippen molar-refractivity contribution in [2.24, 2.45) is 0 Å². The van der Waals surface area contributed by atoms with Crippen molar-refractivity contribution in [3.63, 3.8) is 0 Å². The van der Waals surface area contributed by atoms with Gasteiger partial charge in [-0.2, -0.15) is 0 Å². The Morgan fingerprint density at radius 2 is 0.894 bits per heavy atom. The second kappa shape index (κ2) is 13.2. The zero-order chi connectivity index (χ0) is 31.4. The van der Waals surface area contributed by atoms with Gasteiger partial charge in [-0.25, -0.2) is 0 Å². The van der Waals surface area contributed by atoms with Crippen LogP contribution in [-0.2, 0) is 58.4 Å². The normalized spacial score (nSPS) is 13.1. The minimum Gasteiger partial charge on any atom is -0.300 e. The summed E-state index contributed by atoms with van der Waals surface area (Å²) >= 11 is 0. The first-order valence-corrected chi connectivity index (χ1v) is 15.8. The number of fused-ring (bicyclic) bond motifs is 3. The monoisotopic (exact) mass is 972 g/mol. The van der Waals surface area contributed by atoms with E-state index in [4.69, 9.17) is 9.97 Å². The van der Waals surface area contributed by atoms with Crippen molar-refractivity contribution in [2.45, 2.75) is 57.8 Å². The van der Waals surface area contributed by atoms with E-state index in [0.29, 0.717) is 0 Å². The molecule has 0 saturated carbocycles. The van der Waals surface area contributed by atoms with Crippen molar-refractivity contribution >= 4 is 0 Å². The van der Waals surface area contributed by atoms with Gasteiger partial charge in [0.2, 0.25) is 0 Å². The van der Waals surface area contributed by atoms with Crippen molar-refractivity contribution in [3.8, 4) is 33.6 Å². The van der Waals surface area contributed by atoms with Crippen molar-refractivity contribution < 1.29 is 42.1 Å². The molecule has 4 heteroatoms. The first-order chi connectivity index (χ1) is 21.6. The Labute approximate surface area is 308 Å². The molecule has 4 aromatic carbocycles. The molecule has 2 heterocycles. The van der Waals surface area contributed by atoms with E-state index in [1.165, 1.54) is 33.4 Å². The first-order valence-electron chi connectivity index (χ1n) is 15.8. The van der Waals surface area contributed by atoms with Crippen molar-refractivity contribution in [3.05, 3.63) is 167 Å². The number of hydrogen-bond acceptors (Lipinski definition) is 2. The van der Waals surface area contributed by atoms with E-state index in [9.17, 15) is 0 Å². The van der Waals surface area contributed by atoms with Crippen LogP contribution in [0, 0.1) is 12.1 Å². The molecule has 1 aliphatic carbocycles. The summed E-state index contributed by atoms with van der Waals surface area (Å²) in [6.07, 6.45) is 0. The maximum Gasteiger partial charge on any atom is 2.00 e. The fraction of sp³-hybridized carbons (Fsp3) is 0.209. The third-order valence-electron chi connectivity index (χ3n) is 9.13. The molecule has 0 amide bonds. The molecule has 0 spiro atoms. The van der Waals surface area contributed by atoms with Gasteiger partial charge in [0, 0.05) is 21.1 Å². The Bertz CT molecular complexity index is 1870. The van der Waals surface area contributed by atoms with Crippen LogP contribution in [0.3, 0.4) is 0 Å². The van der Waals surface area contributed by atoms with Crippen LogP contribution in [0.5, 0.6) is 0 Å². The van der Waals surface area contributed by atoms with Crippen LogP contribution in [-0.4, -0.2) is 9.97 Å². The molecule has 0 N–H and O–H groups in total. The molecule has 0 unspecified atom stereocenters. The molecule has 1 aliphatic rings. The van der Waals surface area contributed by atoms with Gasteiger partial charge in [0.1, 0.15) is 5.41 Å².